The third kappa shape index (κ3) is 6.99. The lowest BCUT2D eigenvalue weighted by molar-refractivity contribution is -0.146. The number of aliphatic hydroxyl groups excluding tert-OH is 1. The summed E-state index contributed by atoms with van der Waals surface area (Å²) in [6, 6.07) is 13.6. The fraction of sp³-hybridized carbons (Fsp3) is 0.500. The minimum absolute atomic E-state index is 0.213. The number of nitrogens with one attached hydrogen (secondary N) is 1. The lowest BCUT2D eigenvalue weighted by Gasteiger charge is -2.46. The molecule has 0 spiro atoms. The van der Waals surface area contributed by atoms with Gasteiger partial charge >= 0.3 is 0 Å². The van der Waals surface area contributed by atoms with Crippen LogP contribution in [0.2, 0.25) is 0 Å². The van der Waals surface area contributed by atoms with Gasteiger partial charge in [0.25, 0.3) is 5.91 Å². The second kappa shape index (κ2) is 13.9. The largest absolute Gasteiger partial charge is 0.486 e. The summed E-state index contributed by atoms with van der Waals surface area (Å²) >= 11 is 0. The fourth-order valence-corrected chi connectivity index (χ4v) is 6.49. The molecule has 254 valence electrons. The predicted octanol–water partition coefficient (Wildman–Crippen LogP) is 3.16. The number of halogens is 1. The number of ether oxygens (including phenoxy) is 3. The molecule has 14 heteroatoms. The molecule has 1 amide bonds. The Labute approximate surface area is 279 Å². The number of alkyl halides is 1. The number of hydrogen-bond donors (Lipinski definition) is 2. The highest BCUT2D eigenvalue weighted by Crippen LogP contribution is 2.35. The predicted molar refractivity (Wildman–Crippen MR) is 176 cm³/mol. The molecule has 0 bridgehead atoms. The van der Waals surface area contributed by atoms with Crippen LogP contribution in [0.4, 0.5) is 21.7 Å². The van der Waals surface area contributed by atoms with Crippen LogP contribution in [0.5, 0.6) is 11.6 Å². The minimum atomic E-state index is -1.88. The molecule has 3 aliphatic heterocycles. The Morgan fingerprint density at radius 1 is 1.19 bits per heavy atom. The van der Waals surface area contributed by atoms with Gasteiger partial charge in [0.1, 0.15) is 47.7 Å². The Morgan fingerprint density at radius 3 is 2.67 bits per heavy atom. The van der Waals surface area contributed by atoms with Crippen molar-refractivity contribution in [2.24, 2.45) is 0 Å². The van der Waals surface area contributed by atoms with Crippen molar-refractivity contribution in [1.82, 2.24) is 24.8 Å². The molecule has 13 nitrogen and oxygen atoms in total. The van der Waals surface area contributed by atoms with Gasteiger partial charge in [0.15, 0.2) is 5.67 Å². The van der Waals surface area contributed by atoms with Gasteiger partial charge in [0, 0.05) is 50.3 Å². The van der Waals surface area contributed by atoms with Crippen molar-refractivity contribution < 1.29 is 28.5 Å². The quantitative estimate of drug-likeness (QED) is 0.347. The van der Waals surface area contributed by atoms with Crippen LogP contribution >= 0.6 is 0 Å². The number of pyridine rings is 1. The molecule has 3 aromatic rings. The number of nitriles is 1. The minimum Gasteiger partial charge on any atom is -0.486 e. The van der Waals surface area contributed by atoms with Crippen molar-refractivity contribution in [3.05, 3.63) is 48.3 Å². The Bertz CT molecular complexity index is 1680. The zero-order chi connectivity index (χ0) is 34.0. The Morgan fingerprint density at radius 2 is 2.00 bits per heavy atom. The number of methoxy groups -OCH3 is 1. The summed E-state index contributed by atoms with van der Waals surface area (Å²) in [6.45, 7) is 9.33. The van der Waals surface area contributed by atoms with Crippen LogP contribution in [-0.4, -0.2) is 119 Å². The molecule has 2 N–H and O–H groups in total. The van der Waals surface area contributed by atoms with E-state index < -0.39 is 23.8 Å². The molecule has 2 unspecified atom stereocenters. The first-order chi connectivity index (χ1) is 23.1. The number of hydrogen-bond acceptors (Lipinski definition) is 12. The van der Waals surface area contributed by atoms with E-state index in [9.17, 15) is 15.2 Å². The van der Waals surface area contributed by atoms with E-state index in [1.807, 2.05) is 12.1 Å². The van der Waals surface area contributed by atoms with Crippen LogP contribution in [0.1, 0.15) is 32.8 Å². The normalized spacial score (nSPS) is 23.9. The zero-order valence-corrected chi connectivity index (χ0v) is 27.6. The first-order valence-corrected chi connectivity index (χ1v) is 16.2. The van der Waals surface area contributed by atoms with Crippen molar-refractivity contribution >= 4 is 23.2 Å². The lowest BCUT2D eigenvalue weighted by Crippen LogP contribution is -2.59. The Hall–Kier alpha value is -4.58. The molecule has 48 heavy (non-hydrogen) atoms. The van der Waals surface area contributed by atoms with E-state index in [-0.39, 0.29) is 36.9 Å². The highest BCUT2D eigenvalue weighted by Gasteiger charge is 2.44. The molecule has 6 rings (SSSR count). The maximum Gasteiger partial charge on any atom is 0.251 e. The standard InChI is InChI=1S/C34H41FN8O5/c1-21-16-41(25-17-47-18-25)11-12-43(21)27-6-8-30(40-32(27)46-4)39-31-14-26(37-20-38-31)23-5-7-28(24(13-23)15-36)48-29-9-10-42(19-34(29,3)35)33(45)22(2)44/h5-8,13-14,20-22,25,29,44H,9-12,16-19H2,1-4H3,(H,37,38,39,40)/t21-,22-,29?,34?/m0/s1. The molecular weight excluding hydrogens is 619 g/mol. The van der Waals surface area contributed by atoms with Crippen molar-refractivity contribution in [3.63, 3.8) is 0 Å². The number of piperidine rings is 1. The van der Waals surface area contributed by atoms with Gasteiger partial charge < -0.3 is 34.4 Å². The summed E-state index contributed by atoms with van der Waals surface area (Å²) in [4.78, 5) is 31.8. The molecule has 3 saturated heterocycles. The summed E-state index contributed by atoms with van der Waals surface area (Å²) in [5, 5.41) is 22.8. The zero-order valence-electron chi connectivity index (χ0n) is 27.6. The highest BCUT2D eigenvalue weighted by molar-refractivity contribution is 5.80. The number of carbonyl (C=O) groups is 1. The number of carbonyl (C=O) groups excluding carboxylic acids is 1. The molecule has 0 saturated carbocycles. The van der Waals surface area contributed by atoms with Gasteiger partial charge in [-0.05, 0) is 51.1 Å². The average molecular weight is 661 g/mol. The summed E-state index contributed by atoms with van der Waals surface area (Å²) in [5.41, 5.74) is 0.475. The number of aliphatic hydroxyl groups is 1. The first kappa shape index (κ1) is 33.3. The molecule has 0 aliphatic carbocycles. The van der Waals surface area contributed by atoms with Crippen LogP contribution in [0.3, 0.4) is 0 Å². The number of likely N-dealkylation sites (tertiary alicyclic amines) is 1. The van der Waals surface area contributed by atoms with E-state index in [1.165, 1.54) is 25.1 Å². The SMILES string of the molecule is COc1nc(Nc2cc(-c3ccc(OC4CCN(C(=O)[C@H](C)O)CC4(C)F)c(C#N)c3)ncn2)ccc1N1CCN(C2COC2)C[C@@H]1C. The monoisotopic (exact) mass is 660 g/mol. The van der Waals surface area contributed by atoms with Crippen LogP contribution in [0, 0.1) is 11.3 Å². The molecule has 2 aromatic heterocycles. The summed E-state index contributed by atoms with van der Waals surface area (Å²) < 4.78 is 32.7. The molecule has 0 radical (unpaired) electrons. The maximum absolute atomic E-state index is 15.6. The van der Waals surface area contributed by atoms with Gasteiger partial charge in [-0.25, -0.2) is 14.4 Å². The summed E-state index contributed by atoms with van der Waals surface area (Å²) in [6.07, 6.45) is -0.453. The number of amides is 1. The van der Waals surface area contributed by atoms with E-state index in [4.69, 9.17) is 19.2 Å². The third-order valence-electron chi connectivity index (χ3n) is 9.23. The van der Waals surface area contributed by atoms with Crippen LogP contribution in [-0.2, 0) is 9.53 Å². The number of nitrogens with zero attached hydrogens (tertiary/aromatic N) is 7. The van der Waals surface area contributed by atoms with E-state index in [2.05, 4.69) is 38.1 Å². The second-order valence-electron chi connectivity index (χ2n) is 12.8. The van der Waals surface area contributed by atoms with Crippen LogP contribution in [0.15, 0.2) is 42.7 Å². The van der Waals surface area contributed by atoms with Gasteiger partial charge in [-0.15, -0.1) is 0 Å². The van der Waals surface area contributed by atoms with Crippen molar-refractivity contribution in [1.29, 1.82) is 5.26 Å². The fourth-order valence-electron chi connectivity index (χ4n) is 6.49. The van der Waals surface area contributed by atoms with Gasteiger partial charge in [-0.2, -0.15) is 10.2 Å². The van der Waals surface area contributed by atoms with Crippen molar-refractivity contribution in [3.8, 4) is 29.0 Å². The van der Waals surface area contributed by atoms with Gasteiger partial charge in [0.05, 0.1) is 44.2 Å². The van der Waals surface area contributed by atoms with Crippen LogP contribution < -0.4 is 19.7 Å². The third-order valence-corrected chi connectivity index (χ3v) is 9.23. The van der Waals surface area contributed by atoms with E-state index >= 15 is 4.39 Å². The van der Waals surface area contributed by atoms with Gasteiger partial charge in [-0.1, -0.05) is 0 Å². The highest BCUT2D eigenvalue weighted by atomic mass is 19.1. The van der Waals surface area contributed by atoms with E-state index in [0.29, 0.717) is 34.8 Å². The molecule has 1 aromatic carbocycles. The topological polar surface area (TPSA) is 149 Å². The van der Waals surface area contributed by atoms with E-state index in [1.54, 1.807) is 31.4 Å². The van der Waals surface area contributed by atoms with Crippen LogP contribution in [0.25, 0.3) is 11.3 Å². The molecular formula is C34H41FN8O5. The van der Waals surface area contributed by atoms with Crippen molar-refractivity contribution in [2.75, 3.05) is 63.3 Å². The molecule has 5 heterocycles. The second-order valence-corrected chi connectivity index (χ2v) is 12.8. The molecule has 3 aliphatic rings. The summed E-state index contributed by atoms with van der Waals surface area (Å²) in [5.74, 6) is 1.28. The number of anilines is 3. The number of piperazine rings is 1. The van der Waals surface area contributed by atoms with Crippen molar-refractivity contribution in [2.45, 2.75) is 57.2 Å². The Kier molecular flexibility index (Phi) is 9.63. The average Bonchev–Trinajstić information content (AvgIpc) is 3.04. The van der Waals surface area contributed by atoms with Gasteiger partial charge in [0.2, 0.25) is 5.88 Å². The molecule has 4 atom stereocenters. The smallest absolute Gasteiger partial charge is 0.251 e. The number of aromatic nitrogens is 3. The first-order valence-electron chi connectivity index (χ1n) is 16.2. The number of benzene rings is 1. The van der Waals surface area contributed by atoms with Gasteiger partial charge in [-0.3, -0.25) is 9.69 Å². The lowest BCUT2D eigenvalue weighted by atomic mass is 9.92. The van der Waals surface area contributed by atoms with E-state index in [0.717, 1.165) is 38.5 Å². The summed E-state index contributed by atoms with van der Waals surface area (Å²) in [7, 11) is 1.61. The maximum atomic E-state index is 15.6. The number of rotatable bonds is 9. The molecule has 3 fully saturated rings. The Balaban J connectivity index is 1.13.